The fraction of sp³-hybridized carbons (Fsp3) is 0.364. The van der Waals surface area contributed by atoms with Gasteiger partial charge in [-0.2, -0.15) is 13.2 Å². The molecule has 0 spiro atoms. The molecule has 0 aromatic heterocycles. The molecule has 0 aliphatic heterocycles. The van der Waals surface area contributed by atoms with Crippen LogP contribution in [0.4, 0.5) is 13.2 Å². The van der Waals surface area contributed by atoms with E-state index in [1.807, 2.05) is 31.2 Å². The number of hydrogen-bond donors (Lipinski definition) is 3. The number of hydrogen-bond acceptors (Lipinski definition) is 4. The summed E-state index contributed by atoms with van der Waals surface area (Å²) in [5, 5.41) is 21.8. The molecule has 5 nitrogen and oxygen atoms in total. The number of rotatable bonds is 8. The Labute approximate surface area is 179 Å². The van der Waals surface area contributed by atoms with Gasteiger partial charge in [0.25, 0.3) is 5.91 Å². The summed E-state index contributed by atoms with van der Waals surface area (Å²) < 4.78 is 39.6. The number of amides is 1. The molecule has 2 aromatic carbocycles. The Bertz CT molecular complexity index is 927. The molecule has 2 rings (SSSR count). The Morgan fingerprint density at radius 3 is 2.16 bits per heavy atom. The lowest BCUT2D eigenvalue weighted by Crippen LogP contribution is -2.50. The third-order valence-corrected chi connectivity index (χ3v) is 5.09. The van der Waals surface area contributed by atoms with Crippen LogP contribution in [0.25, 0.3) is 0 Å². The van der Waals surface area contributed by atoms with Gasteiger partial charge in [-0.25, -0.2) is 0 Å². The summed E-state index contributed by atoms with van der Waals surface area (Å²) >= 11 is 0. The van der Waals surface area contributed by atoms with E-state index >= 15 is 0 Å². The minimum absolute atomic E-state index is 0.213. The van der Waals surface area contributed by atoms with Gasteiger partial charge in [0.2, 0.25) is 0 Å². The first-order chi connectivity index (χ1) is 14.3. The lowest BCUT2D eigenvalue weighted by molar-refractivity contribution is -0.137. The number of benzene rings is 2. The first kappa shape index (κ1) is 24.6. The maximum Gasteiger partial charge on any atom is 0.455 e. The molecule has 0 radical (unpaired) electrons. The molecule has 9 heteroatoms. The first-order valence-corrected chi connectivity index (χ1v) is 9.75. The van der Waals surface area contributed by atoms with Gasteiger partial charge >= 0.3 is 13.3 Å². The Morgan fingerprint density at radius 2 is 1.61 bits per heavy atom. The van der Waals surface area contributed by atoms with Gasteiger partial charge in [0.05, 0.1) is 16.7 Å². The summed E-state index contributed by atoms with van der Waals surface area (Å²) in [6.07, 6.45) is -4.79. The van der Waals surface area contributed by atoms with Gasteiger partial charge in [-0.1, -0.05) is 42.0 Å². The van der Waals surface area contributed by atoms with Gasteiger partial charge in [0, 0.05) is 12.2 Å². The van der Waals surface area contributed by atoms with Crippen molar-refractivity contribution in [1.29, 1.82) is 0 Å². The number of carbonyl (C=O) groups is 2. The summed E-state index contributed by atoms with van der Waals surface area (Å²) in [4.78, 5) is 25.3. The summed E-state index contributed by atoms with van der Waals surface area (Å²) in [7, 11) is -1.78. The third-order valence-electron chi connectivity index (χ3n) is 5.09. The van der Waals surface area contributed by atoms with Crippen LogP contribution in [0.2, 0.25) is 5.82 Å². The predicted octanol–water partition coefficient (Wildman–Crippen LogP) is 3.57. The molecule has 2 aromatic rings. The molecule has 0 bridgehead atoms. The highest BCUT2D eigenvalue weighted by Gasteiger charge is 2.38. The fourth-order valence-corrected chi connectivity index (χ4v) is 3.15. The number of Topliss-reactive ketones (excluding diaryl/α,β-unsaturated/α-hetero) is 1. The number of aryl methyl sites for hydroxylation is 1. The van der Waals surface area contributed by atoms with Crippen molar-refractivity contribution in [3.05, 3.63) is 70.8 Å². The fourth-order valence-electron chi connectivity index (χ4n) is 3.15. The average Bonchev–Trinajstić information content (AvgIpc) is 2.67. The number of ketones is 1. The van der Waals surface area contributed by atoms with E-state index in [1.165, 1.54) is 26.0 Å². The van der Waals surface area contributed by atoms with Crippen LogP contribution < -0.4 is 5.32 Å². The molecule has 0 saturated carbocycles. The zero-order chi connectivity index (χ0) is 23.4. The van der Waals surface area contributed by atoms with Gasteiger partial charge in [0.1, 0.15) is 0 Å². The molecule has 1 amide bonds. The van der Waals surface area contributed by atoms with Crippen molar-refractivity contribution in [2.45, 2.75) is 51.1 Å². The number of carbonyl (C=O) groups excluding carboxylic acids is 2. The number of halogens is 3. The molecule has 0 saturated heterocycles. The molecule has 0 unspecified atom stereocenters. The smallest absolute Gasteiger partial charge is 0.427 e. The Balaban J connectivity index is 2.14. The summed E-state index contributed by atoms with van der Waals surface area (Å²) in [6.45, 7) is 4.65. The van der Waals surface area contributed by atoms with Gasteiger partial charge in [-0.15, -0.1) is 0 Å². The monoisotopic (exact) mass is 435 g/mol. The van der Waals surface area contributed by atoms with E-state index in [1.54, 1.807) is 0 Å². The van der Waals surface area contributed by atoms with E-state index in [0.717, 1.165) is 23.3 Å². The quantitative estimate of drug-likeness (QED) is 0.554. The minimum Gasteiger partial charge on any atom is -0.427 e. The van der Waals surface area contributed by atoms with E-state index in [-0.39, 0.29) is 12.8 Å². The Hall–Kier alpha value is -2.65. The minimum atomic E-state index is -4.72. The second kappa shape index (κ2) is 9.66. The molecule has 166 valence electrons. The number of nitrogens with one attached hydrogen (secondary N) is 1. The highest BCUT2D eigenvalue weighted by Crippen LogP contribution is 2.32. The van der Waals surface area contributed by atoms with Gasteiger partial charge < -0.3 is 15.4 Å². The van der Waals surface area contributed by atoms with Crippen LogP contribution in [-0.2, 0) is 17.4 Å². The van der Waals surface area contributed by atoms with Gasteiger partial charge in [0.15, 0.2) is 5.78 Å². The highest BCUT2D eigenvalue weighted by atomic mass is 19.4. The molecule has 0 aliphatic carbocycles. The van der Waals surface area contributed by atoms with Gasteiger partial charge in [-0.3, -0.25) is 9.59 Å². The van der Waals surface area contributed by atoms with Crippen LogP contribution in [0.15, 0.2) is 48.5 Å². The van der Waals surface area contributed by atoms with Crippen LogP contribution in [-0.4, -0.2) is 34.4 Å². The normalized spacial score (nSPS) is 12.9. The summed E-state index contributed by atoms with van der Waals surface area (Å²) in [6, 6.07) is 11.7. The third kappa shape index (κ3) is 6.67. The van der Waals surface area contributed by atoms with Crippen LogP contribution >= 0.6 is 0 Å². The van der Waals surface area contributed by atoms with E-state index in [0.29, 0.717) is 0 Å². The van der Waals surface area contributed by atoms with Crippen molar-refractivity contribution in [2.75, 3.05) is 0 Å². The molecule has 3 N–H and O–H groups in total. The molecular formula is C22H25BF3NO4. The zero-order valence-electron chi connectivity index (χ0n) is 17.5. The maximum absolute atomic E-state index is 13.2. The molecular weight excluding hydrogens is 410 g/mol. The van der Waals surface area contributed by atoms with E-state index in [4.69, 9.17) is 0 Å². The molecule has 31 heavy (non-hydrogen) atoms. The van der Waals surface area contributed by atoms with Gasteiger partial charge in [-0.05, 0) is 44.9 Å². The average molecular weight is 435 g/mol. The summed E-state index contributed by atoms with van der Waals surface area (Å²) in [5.41, 5.74) is -1.37. The van der Waals surface area contributed by atoms with Crippen LogP contribution in [0.1, 0.15) is 47.3 Å². The van der Waals surface area contributed by atoms with E-state index < -0.39 is 47.5 Å². The second-order valence-corrected chi connectivity index (χ2v) is 8.11. The molecule has 0 heterocycles. The van der Waals surface area contributed by atoms with E-state index in [9.17, 15) is 32.8 Å². The zero-order valence-corrected chi connectivity index (χ0v) is 17.5. The van der Waals surface area contributed by atoms with Crippen LogP contribution in [0, 0.1) is 6.92 Å². The predicted molar refractivity (Wildman–Crippen MR) is 111 cm³/mol. The molecule has 0 aliphatic rings. The Morgan fingerprint density at radius 1 is 1.03 bits per heavy atom. The van der Waals surface area contributed by atoms with Crippen LogP contribution in [0.5, 0.6) is 0 Å². The maximum atomic E-state index is 13.2. The van der Waals surface area contributed by atoms with Crippen LogP contribution in [0.3, 0.4) is 0 Å². The topological polar surface area (TPSA) is 86.6 Å². The largest absolute Gasteiger partial charge is 0.455 e. The Kier molecular flexibility index (Phi) is 7.67. The lowest BCUT2D eigenvalue weighted by atomic mass is 9.66. The van der Waals surface area contributed by atoms with Crippen molar-refractivity contribution in [1.82, 2.24) is 5.32 Å². The van der Waals surface area contributed by atoms with E-state index in [2.05, 4.69) is 5.32 Å². The SMILES string of the molecule is Cc1ccc(C[C@H](CC(=O)C(C)(C)NC(=O)c2ccccc2C(F)(F)F)B(O)O)cc1. The van der Waals surface area contributed by atoms with Crippen molar-refractivity contribution in [3.63, 3.8) is 0 Å². The van der Waals surface area contributed by atoms with Crippen molar-refractivity contribution >= 4 is 18.8 Å². The second-order valence-electron chi connectivity index (χ2n) is 8.11. The van der Waals surface area contributed by atoms with Crippen molar-refractivity contribution < 1.29 is 32.8 Å². The first-order valence-electron chi connectivity index (χ1n) is 9.75. The molecule has 1 atom stereocenters. The summed E-state index contributed by atoms with van der Waals surface area (Å²) in [5.74, 6) is -2.41. The van der Waals surface area contributed by atoms with Crippen molar-refractivity contribution in [2.24, 2.45) is 0 Å². The number of alkyl halides is 3. The standard InChI is InChI=1S/C22H25BF3NO4/c1-14-8-10-15(11-9-14)12-16(23(30)31)13-19(28)21(2,3)27-20(29)17-6-4-5-7-18(17)22(24,25)26/h4-11,16,30-31H,12-13H2,1-3H3,(H,27,29)/t16-/m1/s1. The lowest BCUT2D eigenvalue weighted by Gasteiger charge is -2.27. The van der Waals surface area contributed by atoms with Crippen molar-refractivity contribution in [3.8, 4) is 0 Å². The molecule has 0 fully saturated rings. The highest BCUT2D eigenvalue weighted by molar-refractivity contribution is 6.43.